The van der Waals surface area contributed by atoms with E-state index in [9.17, 15) is 17.6 Å². The molecule has 2 N–H and O–H groups in total. The van der Waals surface area contributed by atoms with E-state index in [2.05, 4.69) is 16.6 Å². The van der Waals surface area contributed by atoms with Crippen LogP contribution in [-0.4, -0.2) is 20.9 Å². The summed E-state index contributed by atoms with van der Waals surface area (Å²) < 4.78 is 40.1. The second-order valence-corrected chi connectivity index (χ2v) is 7.27. The number of nitrogens with one attached hydrogen (secondary N) is 2. The zero-order valence-corrected chi connectivity index (χ0v) is 14.7. The SMILES string of the molecule is C=CCNS(=O)(=O)c1cc(C(=O)NCc2ccc(Cl)cc2)ccc1F. The molecule has 0 aromatic heterocycles. The van der Waals surface area contributed by atoms with E-state index in [1.54, 1.807) is 24.3 Å². The Morgan fingerprint density at radius 2 is 1.88 bits per heavy atom. The summed E-state index contributed by atoms with van der Waals surface area (Å²) in [6.45, 7) is 3.57. The monoisotopic (exact) mass is 382 g/mol. The van der Waals surface area contributed by atoms with Gasteiger partial charge in [0.2, 0.25) is 10.0 Å². The van der Waals surface area contributed by atoms with Crippen LogP contribution in [0.2, 0.25) is 5.02 Å². The predicted molar refractivity (Wildman–Crippen MR) is 94.4 cm³/mol. The fourth-order valence-corrected chi connectivity index (χ4v) is 3.21. The smallest absolute Gasteiger partial charge is 0.251 e. The topological polar surface area (TPSA) is 75.3 Å². The van der Waals surface area contributed by atoms with Crippen molar-refractivity contribution in [1.29, 1.82) is 0 Å². The molecule has 2 rings (SSSR count). The van der Waals surface area contributed by atoms with Crippen molar-refractivity contribution in [1.82, 2.24) is 10.0 Å². The molecule has 0 saturated heterocycles. The molecule has 0 aliphatic heterocycles. The normalized spacial score (nSPS) is 11.1. The molecule has 0 aliphatic carbocycles. The average Bonchev–Trinajstić information content (AvgIpc) is 2.59. The third kappa shape index (κ3) is 5.12. The van der Waals surface area contributed by atoms with Crippen LogP contribution in [0.5, 0.6) is 0 Å². The predicted octanol–water partition coefficient (Wildman–Crippen LogP) is 2.87. The summed E-state index contributed by atoms with van der Waals surface area (Å²) in [7, 11) is -4.07. The highest BCUT2D eigenvalue weighted by molar-refractivity contribution is 7.89. The van der Waals surface area contributed by atoms with E-state index in [1.165, 1.54) is 12.1 Å². The second-order valence-electron chi connectivity index (χ2n) is 5.09. The highest BCUT2D eigenvalue weighted by Crippen LogP contribution is 2.17. The van der Waals surface area contributed by atoms with Crippen LogP contribution in [-0.2, 0) is 16.6 Å². The number of hydrogen-bond acceptors (Lipinski definition) is 3. The van der Waals surface area contributed by atoms with Crippen LogP contribution in [0.15, 0.2) is 60.0 Å². The zero-order valence-electron chi connectivity index (χ0n) is 13.1. The van der Waals surface area contributed by atoms with E-state index in [4.69, 9.17) is 11.6 Å². The summed E-state index contributed by atoms with van der Waals surface area (Å²) in [5, 5.41) is 3.22. The molecule has 0 bridgehead atoms. The van der Waals surface area contributed by atoms with Crippen LogP contribution in [0, 0.1) is 5.82 Å². The number of rotatable bonds is 7. The molecule has 0 aliphatic rings. The van der Waals surface area contributed by atoms with Gasteiger partial charge in [-0.25, -0.2) is 17.5 Å². The Bertz CT molecular complexity index is 883. The van der Waals surface area contributed by atoms with Gasteiger partial charge in [-0.3, -0.25) is 4.79 Å². The number of halogens is 2. The van der Waals surface area contributed by atoms with Gasteiger partial charge in [-0.1, -0.05) is 29.8 Å². The highest BCUT2D eigenvalue weighted by atomic mass is 35.5. The van der Waals surface area contributed by atoms with Crippen molar-refractivity contribution in [2.45, 2.75) is 11.4 Å². The molecule has 0 saturated carbocycles. The molecule has 0 fully saturated rings. The van der Waals surface area contributed by atoms with Crippen molar-refractivity contribution < 1.29 is 17.6 Å². The number of amides is 1. The molecule has 0 spiro atoms. The van der Waals surface area contributed by atoms with Crippen molar-refractivity contribution >= 4 is 27.5 Å². The molecule has 132 valence electrons. The maximum Gasteiger partial charge on any atom is 0.251 e. The van der Waals surface area contributed by atoms with Gasteiger partial charge in [0.25, 0.3) is 5.91 Å². The first-order chi connectivity index (χ1) is 11.8. The van der Waals surface area contributed by atoms with Crippen LogP contribution in [0.4, 0.5) is 4.39 Å². The second kappa shape index (κ2) is 8.24. The quantitative estimate of drug-likeness (QED) is 0.723. The number of carbonyl (C=O) groups excluding carboxylic acids is 1. The molecule has 0 unspecified atom stereocenters. The van der Waals surface area contributed by atoms with Crippen LogP contribution >= 0.6 is 11.6 Å². The standard InChI is InChI=1S/C17H16ClFN2O3S/c1-2-9-21-25(23,24)16-10-13(5-8-15(16)19)17(22)20-11-12-3-6-14(18)7-4-12/h2-8,10,21H,1,9,11H2,(H,20,22). The summed E-state index contributed by atoms with van der Waals surface area (Å²) >= 11 is 5.79. The summed E-state index contributed by atoms with van der Waals surface area (Å²) in [6.07, 6.45) is 1.33. The summed E-state index contributed by atoms with van der Waals surface area (Å²) in [5.74, 6) is -1.46. The van der Waals surface area contributed by atoms with Crippen LogP contribution in [0.3, 0.4) is 0 Å². The molecule has 1 amide bonds. The van der Waals surface area contributed by atoms with E-state index >= 15 is 0 Å². The van der Waals surface area contributed by atoms with Crippen LogP contribution in [0.1, 0.15) is 15.9 Å². The third-order valence-electron chi connectivity index (χ3n) is 3.27. The molecular weight excluding hydrogens is 367 g/mol. The molecule has 2 aromatic carbocycles. The first-order valence-electron chi connectivity index (χ1n) is 7.26. The van der Waals surface area contributed by atoms with E-state index in [-0.39, 0.29) is 18.7 Å². The van der Waals surface area contributed by atoms with Gasteiger partial charge in [0.1, 0.15) is 10.7 Å². The Kier molecular flexibility index (Phi) is 6.30. The first-order valence-corrected chi connectivity index (χ1v) is 9.12. The molecule has 0 heterocycles. The summed E-state index contributed by atoms with van der Waals surface area (Å²) in [5.41, 5.74) is 0.856. The van der Waals surface area contributed by atoms with Gasteiger partial charge in [0.05, 0.1) is 0 Å². The lowest BCUT2D eigenvalue weighted by Gasteiger charge is -2.09. The van der Waals surface area contributed by atoms with E-state index in [0.29, 0.717) is 5.02 Å². The van der Waals surface area contributed by atoms with Gasteiger partial charge >= 0.3 is 0 Å². The largest absolute Gasteiger partial charge is 0.348 e. The van der Waals surface area contributed by atoms with Crippen molar-refractivity contribution in [2.75, 3.05) is 6.54 Å². The van der Waals surface area contributed by atoms with Gasteiger partial charge < -0.3 is 5.32 Å². The molecule has 0 atom stereocenters. The molecule has 5 nitrogen and oxygen atoms in total. The lowest BCUT2D eigenvalue weighted by Crippen LogP contribution is -2.26. The first kappa shape index (κ1) is 19.1. The van der Waals surface area contributed by atoms with Gasteiger partial charge in [-0.2, -0.15) is 0 Å². The minimum absolute atomic E-state index is 0.0364. The minimum Gasteiger partial charge on any atom is -0.348 e. The number of benzene rings is 2. The van der Waals surface area contributed by atoms with Crippen molar-refractivity contribution in [3.05, 3.63) is 77.1 Å². The number of sulfonamides is 1. The lowest BCUT2D eigenvalue weighted by molar-refractivity contribution is 0.0950. The number of carbonyl (C=O) groups is 1. The Labute approximate surface area is 150 Å². The maximum absolute atomic E-state index is 13.9. The van der Waals surface area contributed by atoms with Gasteiger partial charge in [0.15, 0.2) is 0 Å². The average molecular weight is 383 g/mol. The summed E-state index contributed by atoms with van der Waals surface area (Å²) in [4.78, 5) is 11.6. The van der Waals surface area contributed by atoms with Crippen molar-refractivity contribution in [2.24, 2.45) is 0 Å². The fourth-order valence-electron chi connectivity index (χ4n) is 1.98. The van der Waals surface area contributed by atoms with Crippen LogP contribution in [0.25, 0.3) is 0 Å². The lowest BCUT2D eigenvalue weighted by atomic mass is 10.2. The summed E-state index contributed by atoms with van der Waals surface area (Å²) in [6, 6.07) is 10.1. The van der Waals surface area contributed by atoms with Crippen molar-refractivity contribution in [3.8, 4) is 0 Å². The Morgan fingerprint density at radius 3 is 2.52 bits per heavy atom. The maximum atomic E-state index is 13.9. The Morgan fingerprint density at radius 1 is 1.20 bits per heavy atom. The van der Waals surface area contributed by atoms with E-state index in [0.717, 1.165) is 17.7 Å². The van der Waals surface area contributed by atoms with Gasteiger partial charge in [0, 0.05) is 23.7 Å². The molecule has 8 heteroatoms. The highest BCUT2D eigenvalue weighted by Gasteiger charge is 2.20. The van der Waals surface area contributed by atoms with Gasteiger partial charge in [-0.15, -0.1) is 6.58 Å². The molecule has 2 aromatic rings. The van der Waals surface area contributed by atoms with Crippen LogP contribution < -0.4 is 10.0 Å². The molecular formula is C17H16ClFN2O3S. The zero-order chi connectivity index (χ0) is 18.4. The Balaban J connectivity index is 2.16. The van der Waals surface area contributed by atoms with Crippen molar-refractivity contribution in [3.63, 3.8) is 0 Å². The number of hydrogen-bond donors (Lipinski definition) is 2. The minimum atomic E-state index is -4.07. The van der Waals surface area contributed by atoms with E-state index in [1.807, 2.05) is 0 Å². The third-order valence-corrected chi connectivity index (χ3v) is 4.96. The van der Waals surface area contributed by atoms with Gasteiger partial charge in [-0.05, 0) is 35.9 Å². The Hall–Kier alpha value is -2.22. The molecule has 0 radical (unpaired) electrons. The fraction of sp³-hybridized carbons (Fsp3) is 0.118. The van der Waals surface area contributed by atoms with E-state index < -0.39 is 26.6 Å². The molecule has 25 heavy (non-hydrogen) atoms.